The molecule has 0 bridgehead atoms. The van der Waals surface area contributed by atoms with Gasteiger partial charge >= 0.3 is 0 Å². The zero-order chi connectivity index (χ0) is 9.14. The molecule has 0 aromatic rings. The molecule has 0 radical (unpaired) electrons. The first-order valence-electron chi connectivity index (χ1n) is 4.05. The van der Waals surface area contributed by atoms with Crippen LogP contribution in [0.15, 0.2) is 35.1 Å². The lowest BCUT2D eigenvalue weighted by atomic mass is 10.2. The van der Waals surface area contributed by atoms with Crippen LogP contribution in [0.1, 0.15) is 13.3 Å². The summed E-state index contributed by atoms with van der Waals surface area (Å²) in [6.45, 7) is 6.38. The largest absolute Gasteiger partial charge is 0.497 e. The standard InChI is InChI=1S/C10H15NO/c1-4-10(12-3)9-5-8(9)7(2)6-11/h4H,2,5-6,11H2,1,3H3/b10-4+. The van der Waals surface area contributed by atoms with Crippen molar-refractivity contribution in [3.05, 3.63) is 35.1 Å². The summed E-state index contributed by atoms with van der Waals surface area (Å²) in [6, 6.07) is 0. The number of hydrogen-bond acceptors (Lipinski definition) is 2. The molecule has 2 heteroatoms. The lowest BCUT2D eigenvalue weighted by Gasteiger charge is -1.97. The highest BCUT2D eigenvalue weighted by molar-refractivity contribution is 5.56. The minimum atomic E-state index is 0.541. The summed E-state index contributed by atoms with van der Waals surface area (Å²) in [5.74, 6) is 0.958. The van der Waals surface area contributed by atoms with E-state index in [1.54, 1.807) is 7.11 Å². The van der Waals surface area contributed by atoms with Gasteiger partial charge in [-0.25, -0.2) is 0 Å². The predicted octanol–water partition coefficient (Wildman–Crippen LogP) is 1.75. The normalized spacial score (nSPS) is 16.4. The maximum absolute atomic E-state index is 5.46. The second-order valence-corrected chi connectivity index (χ2v) is 2.80. The predicted molar refractivity (Wildman–Crippen MR) is 50.6 cm³/mol. The molecule has 0 saturated heterocycles. The topological polar surface area (TPSA) is 35.2 Å². The Labute approximate surface area is 73.4 Å². The van der Waals surface area contributed by atoms with Gasteiger partial charge in [0.2, 0.25) is 0 Å². The van der Waals surface area contributed by atoms with Gasteiger partial charge in [-0.3, -0.25) is 0 Å². The molecule has 0 aliphatic heterocycles. The van der Waals surface area contributed by atoms with Gasteiger partial charge in [-0.15, -0.1) is 0 Å². The quantitative estimate of drug-likeness (QED) is 0.644. The van der Waals surface area contributed by atoms with E-state index in [0.29, 0.717) is 6.54 Å². The van der Waals surface area contributed by atoms with Crippen LogP contribution in [0.3, 0.4) is 0 Å². The number of nitrogens with two attached hydrogens (primary N) is 1. The van der Waals surface area contributed by atoms with Crippen LogP contribution in [0.2, 0.25) is 0 Å². The fourth-order valence-electron chi connectivity index (χ4n) is 1.25. The number of ether oxygens (including phenoxy) is 1. The summed E-state index contributed by atoms with van der Waals surface area (Å²) in [7, 11) is 1.68. The van der Waals surface area contributed by atoms with Crippen LogP contribution in [0.25, 0.3) is 0 Å². The van der Waals surface area contributed by atoms with Crippen molar-refractivity contribution in [3.63, 3.8) is 0 Å². The molecule has 1 aliphatic rings. The van der Waals surface area contributed by atoms with Crippen LogP contribution in [0.5, 0.6) is 0 Å². The lowest BCUT2D eigenvalue weighted by molar-refractivity contribution is 0.302. The summed E-state index contributed by atoms with van der Waals surface area (Å²) in [5, 5.41) is 0. The molecule has 0 atom stereocenters. The van der Waals surface area contributed by atoms with Gasteiger partial charge in [-0.1, -0.05) is 6.58 Å². The van der Waals surface area contributed by atoms with E-state index < -0.39 is 0 Å². The molecule has 0 fully saturated rings. The number of hydrogen-bond donors (Lipinski definition) is 1. The van der Waals surface area contributed by atoms with Gasteiger partial charge in [0, 0.05) is 18.5 Å². The van der Waals surface area contributed by atoms with Crippen LogP contribution in [-0.4, -0.2) is 13.7 Å². The van der Waals surface area contributed by atoms with Crippen LogP contribution in [0.4, 0.5) is 0 Å². The average Bonchev–Trinajstić information content (AvgIpc) is 2.86. The highest BCUT2D eigenvalue weighted by Crippen LogP contribution is 2.40. The van der Waals surface area contributed by atoms with Crippen molar-refractivity contribution in [2.45, 2.75) is 13.3 Å². The summed E-state index contributed by atoms with van der Waals surface area (Å²) in [6.07, 6.45) is 2.95. The van der Waals surface area contributed by atoms with Crippen LogP contribution < -0.4 is 5.73 Å². The molecule has 12 heavy (non-hydrogen) atoms. The van der Waals surface area contributed by atoms with E-state index in [0.717, 1.165) is 17.8 Å². The average molecular weight is 165 g/mol. The minimum absolute atomic E-state index is 0.541. The third kappa shape index (κ3) is 1.59. The Morgan fingerprint density at radius 2 is 2.33 bits per heavy atom. The Morgan fingerprint density at radius 1 is 1.67 bits per heavy atom. The first kappa shape index (κ1) is 9.07. The van der Waals surface area contributed by atoms with Crippen LogP contribution in [-0.2, 0) is 4.74 Å². The fraction of sp³-hybridized carbons (Fsp3) is 0.400. The molecule has 0 aromatic heterocycles. The Balaban J connectivity index is 2.70. The number of methoxy groups -OCH3 is 1. The van der Waals surface area contributed by atoms with Crippen molar-refractivity contribution in [1.29, 1.82) is 0 Å². The zero-order valence-corrected chi connectivity index (χ0v) is 7.68. The Hall–Kier alpha value is -1.02. The van der Waals surface area contributed by atoms with Crippen LogP contribution >= 0.6 is 0 Å². The zero-order valence-electron chi connectivity index (χ0n) is 7.68. The maximum atomic E-state index is 5.46. The monoisotopic (exact) mass is 165 g/mol. The second kappa shape index (κ2) is 3.59. The molecule has 0 saturated carbocycles. The van der Waals surface area contributed by atoms with Crippen molar-refractivity contribution in [2.75, 3.05) is 13.7 Å². The first-order chi connectivity index (χ1) is 5.74. The van der Waals surface area contributed by atoms with Gasteiger partial charge in [0.1, 0.15) is 5.76 Å². The summed E-state index contributed by atoms with van der Waals surface area (Å²) >= 11 is 0. The van der Waals surface area contributed by atoms with E-state index in [9.17, 15) is 0 Å². The smallest absolute Gasteiger partial charge is 0.118 e. The molecule has 1 rings (SSSR count). The molecular weight excluding hydrogens is 150 g/mol. The lowest BCUT2D eigenvalue weighted by Crippen LogP contribution is -2.00. The Morgan fingerprint density at radius 3 is 2.75 bits per heavy atom. The van der Waals surface area contributed by atoms with E-state index in [2.05, 4.69) is 6.58 Å². The molecule has 0 aromatic carbocycles. The van der Waals surface area contributed by atoms with E-state index in [1.165, 1.54) is 11.1 Å². The number of allylic oxidation sites excluding steroid dienone is 2. The molecule has 0 heterocycles. The summed E-state index contributed by atoms with van der Waals surface area (Å²) < 4.78 is 5.17. The molecule has 0 amide bonds. The van der Waals surface area contributed by atoms with Gasteiger partial charge in [-0.05, 0) is 24.1 Å². The molecule has 0 spiro atoms. The fourth-order valence-corrected chi connectivity index (χ4v) is 1.25. The third-order valence-electron chi connectivity index (χ3n) is 2.05. The molecule has 2 N–H and O–H groups in total. The third-order valence-corrected chi connectivity index (χ3v) is 2.05. The van der Waals surface area contributed by atoms with E-state index in [-0.39, 0.29) is 0 Å². The molecule has 66 valence electrons. The Bertz CT molecular complexity index is 261. The Kier molecular flexibility index (Phi) is 2.71. The van der Waals surface area contributed by atoms with E-state index >= 15 is 0 Å². The second-order valence-electron chi connectivity index (χ2n) is 2.80. The molecular formula is C10H15NO. The van der Waals surface area contributed by atoms with Crippen molar-refractivity contribution in [2.24, 2.45) is 5.73 Å². The maximum Gasteiger partial charge on any atom is 0.118 e. The highest BCUT2D eigenvalue weighted by atomic mass is 16.5. The van der Waals surface area contributed by atoms with Crippen molar-refractivity contribution in [3.8, 4) is 0 Å². The molecule has 2 nitrogen and oxygen atoms in total. The van der Waals surface area contributed by atoms with Gasteiger partial charge in [0.05, 0.1) is 7.11 Å². The van der Waals surface area contributed by atoms with E-state index in [4.69, 9.17) is 10.5 Å². The van der Waals surface area contributed by atoms with Gasteiger partial charge in [0.25, 0.3) is 0 Å². The SMILES string of the molecule is C=C(CN)C1=C(/C(=C\C)OC)C1. The summed E-state index contributed by atoms with van der Waals surface area (Å²) in [4.78, 5) is 0. The van der Waals surface area contributed by atoms with Gasteiger partial charge in [0.15, 0.2) is 0 Å². The van der Waals surface area contributed by atoms with Gasteiger partial charge in [-0.2, -0.15) is 0 Å². The molecule has 0 unspecified atom stereocenters. The first-order valence-corrected chi connectivity index (χ1v) is 4.05. The van der Waals surface area contributed by atoms with E-state index in [1.807, 2.05) is 13.0 Å². The number of rotatable bonds is 4. The van der Waals surface area contributed by atoms with Crippen molar-refractivity contribution >= 4 is 0 Å². The van der Waals surface area contributed by atoms with Crippen LogP contribution in [0, 0.1) is 0 Å². The highest BCUT2D eigenvalue weighted by Gasteiger charge is 2.26. The van der Waals surface area contributed by atoms with Gasteiger partial charge < -0.3 is 10.5 Å². The van der Waals surface area contributed by atoms with Crippen molar-refractivity contribution < 1.29 is 4.74 Å². The summed E-state index contributed by atoms with van der Waals surface area (Å²) in [5.41, 5.74) is 9.02. The molecule has 1 aliphatic carbocycles. The minimum Gasteiger partial charge on any atom is -0.497 e. The van der Waals surface area contributed by atoms with Crippen molar-refractivity contribution in [1.82, 2.24) is 0 Å².